The molecule has 1 heterocycles. The summed E-state index contributed by atoms with van der Waals surface area (Å²) in [5.41, 5.74) is 0. The van der Waals surface area contributed by atoms with Crippen molar-refractivity contribution < 1.29 is 22.7 Å². The van der Waals surface area contributed by atoms with E-state index in [1.165, 1.54) is 23.5 Å². The van der Waals surface area contributed by atoms with E-state index in [-0.39, 0.29) is 29.8 Å². The molecular formula is C18H27N3O5S. The van der Waals surface area contributed by atoms with Crippen LogP contribution in [0.15, 0.2) is 29.2 Å². The molecule has 8 nitrogen and oxygen atoms in total. The van der Waals surface area contributed by atoms with Crippen molar-refractivity contribution in [1.29, 1.82) is 0 Å². The van der Waals surface area contributed by atoms with E-state index in [4.69, 9.17) is 4.74 Å². The zero-order valence-corrected chi connectivity index (χ0v) is 16.5. The smallest absolute Gasteiger partial charge is 0.243 e. The highest BCUT2D eigenvalue weighted by Gasteiger charge is 2.33. The van der Waals surface area contributed by atoms with Crippen LogP contribution in [0.3, 0.4) is 0 Å². The van der Waals surface area contributed by atoms with Crippen LogP contribution in [0.4, 0.5) is 0 Å². The summed E-state index contributed by atoms with van der Waals surface area (Å²) in [5.74, 6) is -0.433. The zero-order chi connectivity index (χ0) is 19.9. The second-order valence-electron chi connectivity index (χ2n) is 6.45. The maximum atomic E-state index is 12.8. The van der Waals surface area contributed by atoms with Crippen LogP contribution in [0, 0.1) is 5.92 Å². The number of hydrogen-bond donors (Lipinski definition) is 2. The molecule has 0 aliphatic carbocycles. The van der Waals surface area contributed by atoms with Gasteiger partial charge in [0.15, 0.2) is 0 Å². The molecule has 150 valence electrons. The first-order valence-electron chi connectivity index (χ1n) is 9.07. The first-order valence-corrected chi connectivity index (χ1v) is 10.5. The number of nitrogens with one attached hydrogen (secondary N) is 2. The number of sulfonamides is 1. The van der Waals surface area contributed by atoms with Crippen LogP contribution in [0.2, 0.25) is 0 Å². The Balaban J connectivity index is 1.97. The molecule has 0 aromatic heterocycles. The van der Waals surface area contributed by atoms with Gasteiger partial charge >= 0.3 is 0 Å². The summed E-state index contributed by atoms with van der Waals surface area (Å²) in [6, 6.07) is 6.18. The van der Waals surface area contributed by atoms with E-state index in [1.54, 1.807) is 12.1 Å². The Morgan fingerprint density at radius 1 is 1.22 bits per heavy atom. The average molecular weight is 397 g/mol. The van der Waals surface area contributed by atoms with Gasteiger partial charge in [-0.1, -0.05) is 6.92 Å². The molecule has 0 bridgehead atoms. The van der Waals surface area contributed by atoms with Crippen LogP contribution in [-0.4, -0.2) is 57.8 Å². The molecule has 0 saturated carbocycles. The molecule has 1 atom stereocenters. The summed E-state index contributed by atoms with van der Waals surface area (Å²) >= 11 is 0. The van der Waals surface area contributed by atoms with Gasteiger partial charge in [0.1, 0.15) is 5.75 Å². The van der Waals surface area contributed by atoms with Gasteiger partial charge in [-0.2, -0.15) is 4.31 Å². The van der Waals surface area contributed by atoms with Gasteiger partial charge in [0, 0.05) is 19.6 Å². The standard InChI is InChI=1S/C18H27N3O5S/c1-3-10-19-17(22)12-20-18(23)14-5-4-11-21(13-14)27(24,25)16-8-6-15(26-2)7-9-16/h6-9,14H,3-5,10-13H2,1-2H3,(H,19,22)(H,20,23)/t14-/m0/s1. The first kappa shape index (κ1) is 21.2. The Morgan fingerprint density at radius 3 is 2.56 bits per heavy atom. The summed E-state index contributed by atoms with van der Waals surface area (Å²) in [5, 5.41) is 5.28. The van der Waals surface area contributed by atoms with Crippen LogP contribution in [0.5, 0.6) is 5.75 Å². The lowest BCUT2D eigenvalue weighted by Crippen LogP contribution is -2.47. The number of amides is 2. The number of nitrogens with zero attached hydrogens (tertiary/aromatic N) is 1. The van der Waals surface area contributed by atoms with Crippen molar-refractivity contribution in [2.45, 2.75) is 31.1 Å². The number of methoxy groups -OCH3 is 1. The molecule has 1 aliphatic rings. The molecule has 1 aromatic carbocycles. The Kier molecular flexibility index (Phi) is 7.61. The fourth-order valence-corrected chi connectivity index (χ4v) is 4.43. The first-order chi connectivity index (χ1) is 12.9. The third-order valence-electron chi connectivity index (χ3n) is 4.45. The zero-order valence-electron chi connectivity index (χ0n) is 15.7. The molecule has 1 fully saturated rings. The number of carbonyl (C=O) groups excluding carboxylic acids is 2. The maximum absolute atomic E-state index is 12.8. The lowest BCUT2D eigenvalue weighted by atomic mass is 9.99. The van der Waals surface area contributed by atoms with E-state index in [9.17, 15) is 18.0 Å². The molecule has 1 aromatic rings. The fraction of sp³-hybridized carbons (Fsp3) is 0.556. The van der Waals surface area contributed by atoms with Gasteiger partial charge in [-0.25, -0.2) is 8.42 Å². The predicted molar refractivity (Wildman–Crippen MR) is 101 cm³/mol. The Hall–Kier alpha value is -2.13. The molecule has 2 N–H and O–H groups in total. The van der Waals surface area contributed by atoms with Crippen molar-refractivity contribution in [2.24, 2.45) is 5.92 Å². The van der Waals surface area contributed by atoms with Crippen molar-refractivity contribution >= 4 is 21.8 Å². The lowest BCUT2D eigenvalue weighted by molar-refractivity contribution is -0.129. The number of hydrogen-bond acceptors (Lipinski definition) is 5. The van der Waals surface area contributed by atoms with Gasteiger partial charge < -0.3 is 15.4 Å². The highest BCUT2D eigenvalue weighted by atomic mass is 32.2. The molecule has 1 saturated heterocycles. The van der Waals surface area contributed by atoms with Crippen LogP contribution in [0.1, 0.15) is 26.2 Å². The van der Waals surface area contributed by atoms with Crippen LogP contribution in [0.25, 0.3) is 0 Å². The normalized spacial score (nSPS) is 17.9. The second-order valence-corrected chi connectivity index (χ2v) is 8.38. The highest BCUT2D eigenvalue weighted by molar-refractivity contribution is 7.89. The molecule has 0 spiro atoms. The van der Waals surface area contributed by atoms with Crippen LogP contribution < -0.4 is 15.4 Å². The maximum Gasteiger partial charge on any atom is 0.243 e. The molecule has 2 rings (SSSR count). The third kappa shape index (κ3) is 5.67. The SMILES string of the molecule is CCCNC(=O)CNC(=O)[C@H]1CCCN(S(=O)(=O)c2ccc(OC)cc2)C1. The summed E-state index contributed by atoms with van der Waals surface area (Å²) in [6.07, 6.45) is 2.01. The van der Waals surface area contributed by atoms with E-state index >= 15 is 0 Å². The second kappa shape index (κ2) is 9.70. The number of ether oxygens (including phenoxy) is 1. The van der Waals surface area contributed by atoms with Crippen LogP contribution in [-0.2, 0) is 19.6 Å². The minimum absolute atomic E-state index is 0.0967. The van der Waals surface area contributed by atoms with E-state index in [0.717, 1.165) is 6.42 Å². The quantitative estimate of drug-likeness (QED) is 0.673. The lowest BCUT2D eigenvalue weighted by Gasteiger charge is -2.31. The molecule has 9 heteroatoms. The summed E-state index contributed by atoms with van der Waals surface area (Å²) in [6.45, 7) is 2.89. The molecule has 1 aliphatic heterocycles. The monoisotopic (exact) mass is 397 g/mol. The molecular weight excluding hydrogens is 370 g/mol. The van der Waals surface area contributed by atoms with Crippen LogP contribution >= 0.6 is 0 Å². The fourth-order valence-electron chi connectivity index (χ4n) is 2.91. The van der Waals surface area contributed by atoms with Crippen molar-refractivity contribution in [2.75, 3.05) is 33.3 Å². The number of piperidine rings is 1. The van der Waals surface area contributed by atoms with Gasteiger partial charge in [0.25, 0.3) is 0 Å². The Morgan fingerprint density at radius 2 is 1.93 bits per heavy atom. The predicted octanol–water partition coefficient (Wildman–Crippen LogP) is 0.738. The van der Waals surface area contributed by atoms with E-state index in [0.29, 0.717) is 31.7 Å². The van der Waals surface area contributed by atoms with Gasteiger partial charge in [-0.15, -0.1) is 0 Å². The largest absolute Gasteiger partial charge is 0.497 e. The summed E-state index contributed by atoms with van der Waals surface area (Å²) in [4.78, 5) is 24.1. The highest BCUT2D eigenvalue weighted by Crippen LogP contribution is 2.25. The minimum Gasteiger partial charge on any atom is -0.497 e. The Bertz CT molecular complexity index is 749. The number of carbonyl (C=O) groups is 2. The van der Waals surface area contributed by atoms with E-state index < -0.39 is 15.9 Å². The average Bonchev–Trinajstić information content (AvgIpc) is 2.70. The summed E-state index contributed by atoms with van der Waals surface area (Å²) < 4.78 is 32.0. The van der Waals surface area contributed by atoms with Crippen molar-refractivity contribution in [3.63, 3.8) is 0 Å². The molecule has 2 amide bonds. The van der Waals surface area contributed by atoms with Gasteiger partial charge in [0.2, 0.25) is 21.8 Å². The third-order valence-corrected chi connectivity index (χ3v) is 6.33. The van der Waals surface area contributed by atoms with Crippen molar-refractivity contribution in [1.82, 2.24) is 14.9 Å². The van der Waals surface area contributed by atoms with Gasteiger partial charge in [-0.05, 0) is 43.5 Å². The molecule has 0 unspecified atom stereocenters. The van der Waals surface area contributed by atoms with E-state index in [1.807, 2.05) is 6.92 Å². The summed E-state index contributed by atoms with van der Waals surface area (Å²) in [7, 11) is -2.16. The van der Waals surface area contributed by atoms with Crippen molar-refractivity contribution in [3.05, 3.63) is 24.3 Å². The topological polar surface area (TPSA) is 105 Å². The van der Waals surface area contributed by atoms with Crippen molar-refractivity contribution in [3.8, 4) is 5.75 Å². The van der Waals surface area contributed by atoms with E-state index in [2.05, 4.69) is 10.6 Å². The van der Waals surface area contributed by atoms with Gasteiger partial charge in [-0.3, -0.25) is 9.59 Å². The Labute approximate surface area is 160 Å². The number of rotatable bonds is 8. The molecule has 27 heavy (non-hydrogen) atoms. The minimum atomic E-state index is -3.68. The number of benzene rings is 1. The van der Waals surface area contributed by atoms with Gasteiger partial charge in [0.05, 0.1) is 24.5 Å². The molecule has 0 radical (unpaired) electrons.